The molecular formula is C29H32N2O4. The van der Waals surface area contributed by atoms with Crippen molar-refractivity contribution in [3.05, 3.63) is 95.1 Å². The van der Waals surface area contributed by atoms with Gasteiger partial charge in [0.1, 0.15) is 18.9 Å². The third-order valence-corrected chi connectivity index (χ3v) is 6.33. The van der Waals surface area contributed by atoms with Crippen molar-refractivity contribution in [1.29, 1.82) is 0 Å². The van der Waals surface area contributed by atoms with E-state index in [0.29, 0.717) is 18.7 Å². The van der Waals surface area contributed by atoms with Gasteiger partial charge in [0.2, 0.25) is 5.91 Å². The Morgan fingerprint density at radius 2 is 1.77 bits per heavy atom. The van der Waals surface area contributed by atoms with Crippen molar-refractivity contribution in [1.82, 2.24) is 4.90 Å². The second-order valence-electron chi connectivity index (χ2n) is 8.88. The second kappa shape index (κ2) is 11.7. The van der Waals surface area contributed by atoms with Crippen molar-refractivity contribution in [2.75, 3.05) is 25.0 Å². The van der Waals surface area contributed by atoms with Crippen LogP contribution in [0.5, 0.6) is 5.75 Å². The van der Waals surface area contributed by atoms with E-state index >= 15 is 0 Å². The summed E-state index contributed by atoms with van der Waals surface area (Å²) in [6, 6.07) is 22.7. The van der Waals surface area contributed by atoms with E-state index < -0.39 is 0 Å². The minimum absolute atomic E-state index is 0.0556. The van der Waals surface area contributed by atoms with Gasteiger partial charge in [0, 0.05) is 30.0 Å². The van der Waals surface area contributed by atoms with Gasteiger partial charge in [0.25, 0.3) is 5.91 Å². The molecule has 0 unspecified atom stereocenters. The lowest BCUT2D eigenvalue weighted by Crippen LogP contribution is -2.42. The normalized spacial score (nSPS) is 15.0. The summed E-state index contributed by atoms with van der Waals surface area (Å²) in [5.41, 5.74) is 4.18. The quantitative estimate of drug-likeness (QED) is 0.468. The zero-order valence-electron chi connectivity index (χ0n) is 20.3. The molecule has 182 valence electrons. The Hall–Kier alpha value is -3.64. The van der Waals surface area contributed by atoms with Gasteiger partial charge in [-0.1, -0.05) is 48.5 Å². The maximum absolute atomic E-state index is 13.7. The van der Waals surface area contributed by atoms with E-state index in [9.17, 15) is 9.59 Å². The molecule has 0 saturated carbocycles. The van der Waals surface area contributed by atoms with E-state index in [1.165, 1.54) is 0 Å². The van der Waals surface area contributed by atoms with Gasteiger partial charge < -0.3 is 19.7 Å². The van der Waals surface area contributed by atoms with E-state index in [0.717, 1.165) is 41.0 Å². The largest absolute Gasteiger partial charge is 0.489 e. The first-order chi connectivity index (χ1) is 17.0. The lowest BCUT2D eigenvalue weighted by Gasteiger charge is -2.26. The molecule has 4 rings (SSSR count). The molecule has 0 aromatic heterocycles. The first-order valence-electron chi connectivity index (χ1n) is 12.0. The Morgan fingerprint density at radius 3 is 2.54 bits per heavy atom. The number of amides is 2. The Labute approximate surface area is 206 Å². The van der Waals surface area contributed by atoms with Crippen LogP contribution < -0.4 is 10.1 Å². The molecular weight excluding hydrogens is 440 g/mol. The van der Waals surface area contributed by atoms with E-state index in [2.05, 4.69) is 5.32 Å². The molecule has 1 aliphatic rings. The van der Waals surface area contributed by atoms with Crippen LogP contribution in [-0.2, 0) is 16.1 Å². The SMILES string of the molecule is Cc1cccc(NC(=O)CN(C[C@H]2CCCO2)C(=O)c2ccccc2COc2ccccc2)c1C. The number of ether oxygens (including phenoxy) is 2. The highest BCUT2D eigenvalue weighted by molar-refractivity contribution is 6.00. The maximum Gasteiger partial charge on any atom is 0.254 e. The average Bonchev–Trinajstić information content (AvgIpc) is 3.39. The first-order valence-corrected chi connectivity index (χ1v) is 12.0. The Kier molecular flexibility index (Phi) is 8.16. The number of carbonyl (C=O) groups excluding carboxylic acids is 2. The highest BCUT2D eigenvalue weighted by Crippen LogP contribution is 2.21. The predicted molar refractivity (Wildman–Crippen MR) is 137 cm³/mol. The number of para-hydroxylation sites is 1. The summed E-state index contributed by atoms with van der Waals surface area (Å²) in [6.45, 7) is 5.24. The third-order valence-electron chi connectivity index (χ3n) is 6.33. The van der Waals surface area contributed by atoms with Crippen LogP contribution >= 0.6 is 0 Å². The van der Waals surface area contributed by atoms with Crippen LogP contribution in [0.3, 0.4) is 0 Å². The van der Waals surface area contributed by atoms with E-state index in [4.69, 9.17) is 9.47 Å². The fourth-order valence-corrected chi connectivity index (χ4v) is 4.21. The number of carbonyl (C=O) groups is 2. The summed E-state index contributed by atoms with van der Waals surface area (Å²) >= 11 is 0. The lowest BCUT2D eigenvalue weighted by molar-refractivity contribution is -0.117. The molecule has 0 spiro atoms. The number of aryl methyl sites for hydroxylation is 1. The first kappa shape index (κ1) is 24.5. The Morgan fingerprint density at radius 1 is 1.00 bits per heavy atom. The van der Waals surface area contributed by atoms with Crippen LogP contribution in [0.4, 0.5) is 5.69 Å². The van der Waals surface area contributed by atoms with Crippen molar-refractivity contribution < 1.29 is 19.1 Å². The molecule has 1 heterocycles. The number of anilines is 1. The summed E-state index contributed by atoms with van der Waals surface area (Å²) < 4.78 is 11.7. The molecule has 1 atom stereocenters. The number of benzene rings is 3. The van der Waals surface area contributed by atoms with Crippen LogP contribution in [-0.4, -0.2) is 42.5 Å². The standard InChI is InChI=1S/C29H32N2O4/c1-21-10-8-16-27(22(21)2)30-28(32)19-31(18-25-14-9-17-34-25)29(33)26-15-7-6-11-23(26)20-35-24-12-4-3-5-13-24/h3-8,10-13,15-16,25H,9,14,17-20H2,1-2H3,(H,30,32)/t25-/m1/s1. The van der Waals surface area contributed by atoms with Gasteiger partial charge >= 0.3 is 0 Å². The molecule has 3 aromatic carbocycles. The molecule has 35 heavy (non-hydrogen) atoms. The molecule has 6 heteroatoms. The second-order valence-corrected chi connectivity index (χ2v) is 8.88. The van der Waals surface area contributed by atoms with E-state index in [1.54, 1.807) is 11.0 Å². The smallest absolute Gasteiger partial charge is 0.254 e. The Bertz CT molecular complexity index is 1160. The number of hydrogen-bond acceptors (Lipinski definition) is 4. The number of hydrogen-bond donors (Lipinski definition) is 1. The molecule has 6 nitrogen and oxygen atoms in total. The molecule has 1 N–H and O–H groups in total. The van der Waals surface area contributed by atoms with Gasteiger partial charge in [-0.15, -0.1) is 0 Å². The zero-order chi connectivity index (χ0) is 24.6. The average molecular weight is 473 g/mol. The third kappa shape index (κ3) is 6.49. The van der Waals surface area contributed by atoms with Gasteiger partial charge in [0.15, 0.2) is 0 Å². The topological polar surface area (TPSA) is 67.9 Å². The fourth-order valence-electron chi connectivity index (χ4n) is 4.21. The Balaban J connectivity index is 1.51. The van der Waals surface area contributed by atoms with Gasteiger partial charge in [-0.25, -0.2) is 0 Å². The van der Waals surface area contributed by atoms with E-state index in [1.807, 2.05) is 80.6 Å². The molecule has 3 aromatic rings. The van der Waals surface area contributed by atoms with E-state index in [-0.39, 0.29) is 31.1 Å². The minimum atomic E-state index is -0.233. The van der Waals surface area contributed by atoms with Crippen molar-refractivity contribution >= 4 is 17.5 Å². The molecule has 1 saturated heterocycles. The van der Waals surface area contributed by atoms with Gasteiger partial charge in [0.05, 0.1) is 6.10 Å². The summed E-state index contributed by atoms with van der Waals surface area (Å²) in [7, 11) is 0. The lowest BCUT2D eigenvalue weighted by atomic mass is 10.1. The van der Waals surface area contributed by atoms with Crippen LogP contribution in [0.25, 0.3) is 0 Å². The van der Waals surface area contributed by atoms with Crippen molar-refractivity contribution in [2.24, 2.45) is 0 Å². The number of rotatable bonds is 9. The molecule has 1 aliphatic heterocycles. The number of nitrogens with one attached hydrogen (secondary N) is 1. The summed E-state index contributed by atoms with van der Waals surface area (Å²) in [5, 5.41) is 2.98. The summed E-state index contributed by atoms with van der Waals surface area (Å²) in [4.78, 5) is 28.3. The molecule has 0 aliphatic carbocycles. The zero-order valence-corrected chi connectivity index (χ0v) is 20.3. The van der Waals surface area contributed by atoms with Gasteiger partial charge in [-0.05, 0) is 62.1 Å². The van der Waals surface area contributed by atoms with Crippen LogP contribution in [0.2, 0.25) is 0 Å². The minimum Gasteiger partial charge on any atom is -0.489 e. The summed E-state index contributed by atoms with van der Waals surface area (Å²) in [5.74, 6) is 0.297. The number of nitrogens with zero attached hydrogens (tertiary/aromatic N) is 1. The van der Waals surface area contributed by atoms with Crippen molar-refractivity contribution in [2.45, 2.75) is 39.4 Å². The van der Waals surface area contributed by atoms with Crippen molar-refractivity contribution in [3.63, 3.8) is 0 Å². The summed E-state index contributed by atoms with van der Waals surface area (Å²) in [6.07, 6.45) is 1.77. The molecule has 1 fully saturated rings. The monoisotopic (exact) mass is 472 g/mol. The maximum atomic E-state index is 13.7. The highest BCUT2D eigenvalue weighted by Gasteiger charge is 2.26. The van der Waals surface area contributed by atoms with Crippen LogP contribution in [0.1, 0.15) is 39.9 Å². The van der Waals surface area contributed by atoms with Crippen LogP contribution in [0.15, 0.2) is 72.8 Å². The van der Waals surface area contributed by atoms with Gasteiger partial charge in [-0.3, -0.25) is 9.59 Å². The van der Waals surface area contributed by atoms with Crippen molar-refractivity contribution in [3.8, 4) is 5.75 Å². The molecule has 0 bridgehead atoms. The molecule has 0 radical (unpaired) electrons. The van der Waals surface area contributed by atoms with Gasteiger partial charge in [-0.2, -0.15) is 0 Å². The predicted octanol–water partition coefficient (Wildman–Crippen LogP) is 5.14. The molecule has 2 amide bonds. The van der Waals surface area contributed by atoms with Crippen LogP contribution in [0, 0.1) is 13.8 Å². The highest BCUT2D eigenvalue weighted by atomic mass is 16.5. The fraction of sp³-hybridized carbons (Fsp3) is 0.310.